The lowest BCUT2D eigenvalue weighted by Gasteiger charge is -2.02. The molecule has 0 aliphatic heterocycles. The van der Waals surface area contributed by atoms with Crippen LogP contribution < -0.4 is 10.6 Å². The second-order valence-corrected chi connectivity index (χ2v) is 10.1. The van der Waals surface area contributed by atoms with Gasteiger partial charge in [-0.25, -0.2) is 23.4 Å². The van der Waals surface area contributed by atoms with Gasteiger partial charge in [-0.05, 0) is 48.4 Å². The molecule has 3 aromatic heterocycles. The van der Waals surface area contributed by atoms with Crippen molar-refractivity contribution in [3.8, 4) is 11.8 Å². The molecule has 0 fully saturated rings. The van der Waals surface area contributed by atoms with Crippen LogP contribution in [0.4, 0.5) is 11.9 Å². The standard InChI is InChI=1S/C26H19N7O4S/c1-38(36,37)18-7-2-5-16(15-18)11-12-17-6-3-10-21(29-17)24(35)33-26-30-20-9-4-8-19(22(20)31-26)23(34)32-25-27-13-14-28-25/h2-10,13-15H,1H3,(H2,27,28,32,34)(H2,30,31,33,35). The molecule has 0 saturated carbocycles. The Labute approximate surface area is 216 Å². The maximum absolute atomic E-state index is 12.9. The number of sulfone groups is 1. The van der Waals surface area contributed by atoms with Crippen LogP contribution in [0.2, 0.25) is 0 Å². The molecular weight excluding hydrogens is 506 g/mol. The number of H-pyrrole nitrogens is 2. The summed E-state index contributed by atoms with van der Waals surface area (Å²) in [7, 11) is -3.36. The minimum absolute atomic E-state index is 0.0953. The summed E-state index contributed by atoms with van der Waals surface area (Å²) in [5, 5.41) is 5.30. The van der Waals surface area contributed by atoms with Crippen LogP contribution in [0.1, 0.15) is 32.1 Å². The number of aromatic amines is 2. The van der Waals surface area contributed by atoms with Crippen LogP contribution >= 0.6 is 0 Å². The monoisotopic (exact) mass is 525 g/mol. The first kappa shape index (κ1) is 24.4. The summed E-state index contributed by atoms with van der Waals surface area (Å²) in [4.78, 5) is 44.1. The van der Waals surface area contributed by atoms with Crippen molar-refractivity contribution in [2.45, 2.75) is 4.90 Å². The lowest BCUT2D eigenvalue weighted by molar-refractivity contribution is 0.101. The summed E-state index contributed by atoms with van der Waals surface area (Å²) >= 11 is 0. The quantitative estimate of drug-likeness (QED) is 0.256. The van der Waals surface area contributed by atoms with Crippen LogP contribution in [0.25, 0.3) is 11.0 Å². The summed E-state index contributed by atoms with van der Waals surface area (Å²) in [6.45, 7) is 0. The van der Waals surface area contributed by atoms with Gasteiger partial charge in [0.15, 0.2) is 9.84 Å². The normalized spacial score (nSPS) is 11.0. The van der Waals surface area contributed by atoms with E-state index < -0.39 is 21.7 Å². The number of benzene rings is 2. The molecule has 3 heterocycles. The molecule has 188 valence electrons. The van der Waals surface area contributed by atoms with Gasteiger partial charge >= 0.3 is 0 Å². The molecule has 0 aliphatic rings. The Hall–Kier alpha value is -5.28. The first-order valence-corrected chi connectivity index (χ1v) is 13.1. The van der Waals surface area contributed by atoms with Gasteiger partial charge in [0.2, 0.25) is 11.9 Å². The minimum Gasteiger partial charge on any atom is -0.331 e. The number of anilines is 2. The number of carbonyl (C=O) groups is 2. The van der Waals surface area contributed by atoms with Crippen LogP contribution in [0.5, 0.6) is 0 Å². The van der Waals surface area contributed by atoms with Gasteiger partial charge in [-0.3, -0.25) is 20.2 Å². The Balaban J connectivity index is 1.34. The molecule has 0 unspecified atom stereocenters. The molecule has 0 atom stereocenters. The summed E-state index contributed by atoms with van der Waals surface area (Å²) in [6.07, 6.45) is 4.23. The Morgan fingerprint density at radius 3 is 2.47 bits per heavy atom. The van der Waals surface area contributed by atoms with E-state index in [2.05, 4.69) is 47.4 Å². The number of rotatable bonds is 5. The van der Waals surface area contributed by atoms with E-state index in [4.69, 9.17) is 0 Å². The number of amides is 2. The molecule has 0 aliphatic carbocycles. The molecule has 0 radical (unpaired) electrons. The predicted molar refractivity (Wildman–Crippen MR) is 140 cm³/mol. The van der Waals surface area contributed by atoms with Gasteiger partial charge < -0.3 is 9.97 Å². The fourth-order valence-corrected chi connectivity index (χ4v) is 4.19. The molecular formula is C26H19N7O4S. The van der Waals surface area contributed by atoms with Crippen molar-refractivity contribution in [3.63, 3.8) is 0 Å². The Morgan fingerprint density at radius 1 is 0.895 bits per heavy atom. The van der Waals surface area contributed by atoms with Crippen molar-refractivity contribution in [3.05, 3.63) is 95.6 Å². The van der Waals surface area contributed by atoms with Crippen molar-refractivity contribution in [2.75, 3.05) is 16.9 Å². The lowest BCUT2D eigenvalue weighted by atomic mass is 10.2. The fourth-order valence-electron chi connectivity index (χ4n) is 3.53. The summed E-state index contributed by atoms with van der Waals surface area (Å²) < 4.78 is 23.5. The largest absolute Gasteiger partial charge is 0.331 e. The molecule has 2 aromatic carbocycles. The topological polar surface area (TPSA) is 163 Å². The van der Waals surface area contributed by atoms with Crippen LogP contribution in [0.3, 0.4) is 0 Å². The number of nitrogens with one attached hydrogen (secondary N) is 4. The van der Waals surface area contributed by atoms with Crippen LogP contribution in [0, 0.1) is 11.8 Å². The molecule has 5 rings (SSSR count). The van der Waals surface area contributed by atoms with E-state index in [9.17, 15) is 18.0 Å². The average molecular weight is 526 g/mol. The molecule has 0 bridgehead atoms. The lowest BCUT2D eigenvalue weighted by Crippen LogP contribution is -2.15. The maximum atomic E-state index is 12.9. The average Bonchev–Trinajstić information content (AvgIpc) is 3.56. The Kier molecular flexibility index (Phi) is 6.42. The van der Waals surface area contributed by atoms with E-state index in [1.807, 2.05) is 0 Å². The highest BCUT2D eigenvalue weighted by atomic mass is 32.2. The number of hydrogen-bond donors (Lipinski definition) is 4. The van der Waals surface area contributed by atoms with E-state index in [1.165, 1.54) is 24.4 Å². The molecule has 38 heavy (non-hydrogen) atoms. The van der Waals surface area contributed by atoms with E-state index in [0.29, 0.717) is 33.8 Å². The van der Waals surface area contributed by atoms with Crippen molar-refractivity contribution >= 4 is 44.6 Å². The number of para-hydroxylation sites is 1. The number of nitrogens with zero attached hydrogens (tertiary/aromatic N) is 3. The van der Waals surface area contributed by atoms with E-state index >= 15 is 0 Å². The molecule has 12 heteroatoms. The number of pyridine rings is 1. The zero-order valence-corrected chi connectivity index (χ0v) is 20.6. The highest BCUT2D eigenvalue weighted by Gasteiger charge is 2.16. The third-order valence-corrected chi connectivity index (χ3v) is 6.41. The SMILES string of the molecule is CS(=O)(=O)c1cccc(C#Cc2cccc(C(=O)Nc3nc4c(C(=O)Nc5ncc[nH]5)cccc4[nH]3)n2)c1. The van der Waals surface area contributed by atoms with Crippen molar-refractivity contribution in [1.29, 1.82) is 0 Å². The van der Waals surface area contributed by atoms with Crippen LogP contribution in [-0.2, 0) is 9.84 Å². The minimum atomic E-state index is -3.36. The zero-order valence-electron chi connectivity index (χ0n) is 19.8. The molecule has 11 nitrogen and oxygen atoms in total. The molecule has 0 saturated heterocycles. The fraction of sp³-hybridized carbons (Fsp3) is 0.0385. The van der Waals surface area contributed by atoms with Crippen molar-refractivity contribution < 1.29 is 18.0 Å². The number of aromatic nitrogens is 5. The smallest absolute Gasteiger partial charge is 0.276 e. The van der Waals surface area contributed by atoms with Crippen LogP contribution in [-0.4, -0.2) is 51.4 Å². The zero-order chi connectivity index (χ0) is 26.7. The third kappa shape index (κ3) is 5.43. The predicted octanol–water partition coefficient (Wildman–Crippen LogP) is 2.99. The van der Waals surface area contributed by atoms with Gasteiger partial charge in [0, 0.05) is 24.2 Å². The number of fused-ring (bicyclic) bond motifs is 1. The second kappa shape index (κ2) is 10.00. The summed E-state index contributed by atoms with van der Waals surface area (Å²) in [5.74, 6) is 5.21. The molecule has 2 amide bonds. The van der Waals surface area contributed by atoms with Crippen molar-refractivity contribution in [2.24, 2.45) is 0 Å². The number of carbonyl (C=O) groups excluding carboxylic acids is 2. The van der Waals surface area contributed by atoms with Gasteiger partial charge in [-0.2, -0.15) is 0 Å². The van der Waals surface area contributed by atoms with Crippen molar-refractivity contribution in [1.82, 2.24) is 24.9 Å². The Bertz CT molecular complexity index is 1850. The highest BCUT2D eigenvalue weighted by molar-refractivity contribution is 7.90. The molecule has 5 aromatic rings. The van der Waals surface area contributed by atoms with Gasteiger partial charge in [0.05, 0.1) is 16.0 Å². The van der Waals surface area contributed by atoms with Gasteiger partial charge in [-0.15, -0.1) is 0 Å². The molecule has 0 spiro atoms. The molecule has 4 N–H and O–H groups in total. The van der Waals surface area contributed by atoms with E-state index in [0.717, 1.165) is 6.26 Å². The van der Waals surface area contributed by atoms with Gasteiger partial charge in [0.1, 0.15) is 16.9 Å². The van der Waals surface area contributed by atoms with E-state index in [1.54, 1.807) is 48.7 Å². The van der Waals surface area contributed by atoms with Crippen LogP contribution in [0.15, 0.2) is 78.0 Å². The Morgan fingerprint density at radius 2 is 1.68 bits per heavy atom. The van der Waals surface area contributed by atoms with Gasteiger partial charge in [-0.1, -0.05) is 24.1 Å². The number of imidazole rings is 2. The maximum Gasteiger partial charge on any atom is 0.276 e. The summed E-state index contributed by atoms with van der Waals surface area (Å²) in [5.41, 5.74) is 2.14. The second-order valence-electron chi connectivity index (χ2n) is 8.09. The first-order valence-electron chi connectivity index (χ1n) is 11.2. The van der Waals surface area contributed by atoms with Gasteiger partial charge in [0.25, 0.3) is 11.8 Å². The first-order chi connectivity index (χ1) is 18.3. The number of hydrogen-bond acceptors (Lipinski definition) is 7. The summed E-state index contributed by atoms with van der Waals surface area (Å²) in [6, 6.07) is 16.1. The highest BCUT2D eigenvalue weighted by Crippen LogP contribution is 2.20. The third-order valence-electron chi connectivity index (χ3n) is 5.30. The van der Waals surface area contributed by atoms with E-state index in [-0.39, 0.29) is 16.5 Å².